The smallest absolute Gasteiger partial charge is 0.320 e. The second-order valence-electron chi connectivity index (χ2n) is 4.51. The number of aliphatic carboxylic acids is 1. The van der Waals surface area contributed by atoms with Crippen LogP contribution in [0.4, 0.5) is 0 Å². The summed E-state index contributed by atoms with van der Waals surface area (Å²) in [5.74, 6) is -1.03. The minimum atomic E-state index is -1.03. The summed E-state index contributed by atoms with van der Waals surface area (Å²) in [5, 5.41) is 12.1. The molecule has 2 atom stereocenters. The Bertz CT molecular complexity index is 305. The van der Waals surface area contributed by atoms with Crippen LogP contribution in [0, 0.1) is 0 Å². The molecule has 106 valence electrons. The van der Waals surface area contributed by atoms with Gasteiger partial charge in [0.25, 0.3) is 0 Å². The van der Waals surface area contributed by atoms with E-state index in [0.29, 0.717) is 6.42 Å². The van der Waals surface area contributed by atoms with E-state index in [9.17, 15) is 4.79 Å². The van der Waals surface area contributed by atoms with Crippen molar-refractivity contribution in [3.05, 3.63) is 10.4 Å². The zero-order valence-electron chi connectivity index (χ0n) is 10.6. The second-order valence-corrected chi connectivity index (χ2v) is 7.84. The first-order valence-corrected chi connectivity index (χ1v) is 7.31. The average molecular weight is 315 g/mol. The molecule has 3 N–H and O–H groups in total. The highest BCUT2D eigenvalue weighted by atomic mass is 35.5. The first-order chi connectivity index (χ1) is 7.76. The van der Waals surface area contributed by atoms with Crippen molar-refractivity contribution in [1.82, 2.24) is 0 Å². The van der Waals surface area contributed by atoms with Gasteiger partial charge in [0.1, 0.15) is 6.04 Å². The van der Waals surface area contributed by atoms with Crippen LogP contribution in [0.15, 0.2) is 5.11 Å². The van der Waals surface area contributed by atoms with Crippen LogP contribution in [0.5, 0.6) is 0 Å². The Kier molecular flexibility index (Phi) is 10.7. The normalized spacial score (nSPS) is 14.0. The lowest BCUT2D eigenvalue weighted by atomic mass is 10.2. The Labute approximate surface area is 121 Å². The fraction of sp³-hybridized carbons (Fsp3) is 0.889. The fourth-order valence-electron chi connectivity index (χ4n) is 0.868. The van der Waals surface area contributed by atoms with Crippen LogP contribution in [-0.4, -0.2) is 33.7 Å². The maximum Gasteiger partial charge on any atom is 0.320 e. The summed E-state index contributed by atoms with van der Waals surface area (Å²) in [6, 6.07) is -0.915. The Morgan fingerprint density at radius 2 is 2.11 bits per heavy atom. The topological polar surface area (TPSA) is 112 Å². The molecule has 0 aromatic heterocycles. The lowest BCUT2D eigenvalue weighted by Gasteiger charge is -2.22. The molecule has 9 heteroatoms. The first kappa shape index (κ1) is 20.1. The van der Waals surface area contributed by atoms with Crippen LogP contribution < -0.4 is 5.73 Å². The van der Waals surface area contributed by atoms with Crippen LogP contribution in [0.3, 0.4) is 0 Å². The summed E-state index contributed by atoms with van der Waals surface area (Å²) in [7, 11) is 3.15. The van der Waals surface area contributed by atoms with Crippen LogP contribution >= 0.6 is 34.0 Å². The molecular weight excluding hydrogens is 296 g/mol. The molecule has 0 bridgehead atoms. The molecule has 0 radical (unpaired) electrons. The van der Waals surface area contributed by atoms with E-state index in [4.69, 9.17) is 16.4 Å². The highest BCUT2D eigenvalue weighted by Crippen LogP contribution is 2.39. The van der Waals surface area contributed by atoms with Crippen molar-refractivity contribution in [2.75, 3.05) is 6.54 Å². The average Bonchev–Trinajstić information content (AvgIpc) is 2.20. The van der Waals surface area contributed by atoms with Gasteiger partial charge in [-0.15, -0.1) is 12.4 Å². The van der Waals surface area contributed by atoms with Crippen molar-refractivity contribution in [1.29, 1.82) is 0 Å². The highest BCUT2D eigenvalue weighted by molar-refractivity contribution is 8.77. The van der Waals surface area contributed by atoms with Gasteiger partial charge in [-0.05, 0) is 12.0 Å². The summed E-state index contributed by atoms with van der Waals surface area (Å²) in [6.45, 7) is 6.44. The van der Waals surface area contributed by atoms with E-state index in [2.05, 4.69) is 30.8 Å². The molecular formula is C9H19ClN4O2S2. The number of hydrogen-bond acceptors (Lipinski definition) is 5. The minimum absolute atomic E-state index is 0. The Morgan fingerprint density at radius 1 is 1.56 bits per heavy atom. The maximum absolute atomic E-state index is 10.7. The van der Waals surface area contributed by atoms with Crippen molar-refractivity contribution in [2.45, 2.75) is 43.2 Å². The highest BCUT2D eigenvalue weighted by Gasteiger charge is 2.21. The van der Waals surface area contributed by atoms with Crippen molar-refractivity contribution < 1.29 is 9.90 Å². The van der Waals surface area contributed by atoms with Gasteiger partial charge < -0.3 is 10.8 Å². The number of hydrogen-bond donors (Lipinski definition) is 2. The standard InChI is InChI=1S/C9H18N4O2S2.ClH/c1-9(2,3)17-16-6(5-12-13-11)4-7(10)8(14)15;/h6-7H,4-5,10H2,1-3H3,(H,14,15);1H/t6?,7-;/m0./s1. The van der Waals surface area contributed by atoms with Gasteiger partial charge in [0.15, 0.2) is 0 Å². The summed E-state index contributed by atoms with van der Waals surface area (Å²) in [4.78, 5) is 13.4. The summed E-state index contributed by atoms with van der Waals surface area (Å²) in [6.07, 6.45) is 0.294. The molecule has 18 heavy (non-hydrogen) atoms. The summed E-state index contributed by atoms with van der Waals surface area (Å²) >= 11 is 0. The predicted molar refractivity (Wildman–Crippen MR) is 80.2 cm³/mol. The van der Waals surface area contributed by atoms with Gasteiger partial charge in [-0.1, -0.05) is 47.5 Å². The molecule has 0 amide bonds. The number of rotatable bonds is 7. The molecule has 0 aromatic rings. The molecule has 0 aromatic carbocycles. The molecule has 0 spiro atoms. The number of halogens is 1. The molecule has 0 aliphatic heterocycles. The lowest BCUT2D eigenvalue weighted by molar-refractivity contribution is -0.138. The minimum Gasteiger partial charge on any atom is -0.480 e. The van der Waals surface area contributed by atoms with Gasteiger partial charge in [0.2, 0.25) is 0 Å². The number of carbonyl (C=O) groups is 1. The zero-order valence-corrected chi connectivity index (χ0v) is 13.0. The molecule has 1 unspecified atom stereocenters. The molecule has 0 aliphatic carbocycles. The summed E-state index contributed by atoms with van der Waals surface area (Å²) in [5.41, 5.74) is 13.8. The van der Waals surface area contributed by atoms with E-state index in [1.807, 2.05) is 0 Å². The molecule has 0 fully saturated rings. The third-order valence-electron chi connectivity index (χ3n) is 1.62. The number of azide groups is 1. The number of carboxylic acids is 1. The van der Waals surface area contributed by atoms with E-state index in [0.717, 1.165) is 0 Å². The van der Waals surface area contributed by atoms with Crippen LogP contribution in [0.1, 0.15) is 27.2 Å². The SMILES string of the molecule is CC(C)(C)SSC(CN=[N+]=[N-])C[C@H](N)C(=O)O.Cl. The number of carboxylic acid groups (broad SMARTS) is 1. The number of nitrogens with two attached hydrogens (primary N) is 1. The number of nitrogens with zero attached hydrogens (tertiary/aromatic N) is 3. The van der Waals surface area contributed by atoms with Gasteiger partial charge in [-0.3, -0.25) is 4.79 Å². The molecule has 0 rings (SSSR count). The third-order valence-corrected chi connectivity index (χ3v) is 5.43. The summed E-state index contributed by atoms with van der Waals surface area (Å²) < 4.78 is 0.0621. The van der Waals surface area contributed by atoms with Gasteiger partial charge in [0, 0.05) is 21.5 Å². The molecule has 0 saturated carbocycles. The molecule has 0 saturated heterocycles. The van der Waals surface area contributed by atoms with Crippen molar-refractivity contribution >= 4 is 40.0 Å². The van der Waals surface area contributed by atoms with Gasteiger partial charge in [-0.25, -0.2) is 0 Å². The van der Waals surface area contributed by atoms with E-state index < -0.39 is 12.0 Å². The Morgan fingerprint density at radius 3 is 2.50 bits per heavy atom. The third kappa shape index (κ3) is 10.9. The fourth-order valence-corrected chi connectivity index (χ4v) is 3.40. The van der Waals surface area contributed by atoms with E-state index in [1.54, 1.807) is 10.8 Å². The van der Waals surface area contributed by atoms with Gasteiger partial charge >= 0.3 is 5.97 Å². The van der Waals surface area contributed by atoms with Crippen LogP contribution in [0.2, 0.25) is 0 Å². The maximum atomic E-state index is 10.7. The Balaban J connectivity index is 0. The van der Waals surface area contributed by atoms with E-state index in [1.165, 1.54) is 10.8 Å². The van der Waals surface area contributed by atoms with Gasteiger partial charge in [0.05, 0.1) is 0 Å². The van der Waals surface area contributed by atoms with Crippen LogP contribution in [-0.2, 0) is 4.79 Å². The van der Waals surface area contributed by atoms with Crippen molar-refractivity contribution in [2.24, 2.45) is 10.8 Å². The first-order valence-electron chi connectivity index (χ1n) is 5.10. The molecule has 0 aliphatic rings. The van der Waals surface area contributed by atoms with Crippen LogP contribution in [0.25, 0.3) is 10.4 Å². The lowest BCUT2D eigenvalue weighted by Crippen LogP contribution is -2.33. The monoisotopic (exact) mass is 314 g/mol. The van der Waals surface area contributed by atoms with Crippen molar-refractivity contribution in [3.63, 3.8) is 0 Å². The van der Waals surface area contributed by atoms with Crippen molar-refractivity contribution in [3.8, 4) is 0 Å². The Hall–Kier alpha value is -0.270. The van der Waals surface area contributed by atoms with E-state index in [-0.39, 0.29) is 28.9 Å². The largest absolute Gasteiger partial charge is 0.480 e. The molecule has 0 heterocycles. The quantitative estimate of drug-likeness (QED) is 0.324. The predicted octanol–water partition coefficient (Wildman–Crippen LogP) is 3.07. The second kappa shape index (κ2) is 9.63. The molecule has 6 nitrogen and oxygen atoms in total. The van der Waals surface area contributed by atoms with Gasteiger partial charge in [-0.2, -0.15) is 0 Å². The zero-order chi connectivity index (χ0) is 13.5. The van der Waals surface area contributed by atoms with E-state index >= 15 is 0 Å².